The zero-order valence-electron chi connectivity index (χ0n) is 18.7. The normalized spacial score (nSPS) is 12.2. The lowest BCUT2D eigenvalue weighted by atomic mass is 10.2. The number of rotatable bonds is 2. The first-order valence-corrected chi connectivity index (χ1v) is 10.5. The summed E-state index contributed by atoms with van der Waals surface area (Å²) in [6, 6.07) is 6.27. The molecule has 31 heavy (non-hydrogen) atoms. The van der Waals surface area contributed by atoms with Gasteiger partial charge in [0.1, 0.15) is 17.5 Å². The van der Waals surface area contributed by atoms with E-state index in [0.717, 1.165) is 43.2 Å². The van der Waals surface area contributed by atoms with Crippen molar-refractivity contribution in [3.63, 3.8) is 0 Å². The highest BCUT2D eigenvalue weighted by Gasteiger charge is 2.16. The van der Waals surface area contributed by atoms with Crippen LogP contribution in [0.25, 0.3) is 5.65 Å². The van der Waals surface area contributed by atoms with E-state index < -0.39 is 11.6 Å². The van der Waals surface area contributed by atoms with Gasteiger partial charge in [-0.3, -0.25) is 4.79 Å². The first kappa shape index (κ1) is 26.2. The van der Waals surface area contributed by atoms with Crippen molar-refractivity contribution >= 4 is 17.2 Å². The molecule has 4 rings (SSSR count). The quantitative estimate of drug-likeness (QED) is 0.580. The Bertz CT molecular complexity index is 885. The Balaban J connectivity index is 0.000000286. The molecule has 1 saturated heterocycles. The highest BCUT2D eigenvalue weighted by molar-refractivity contribution is 5.99. The third kappa shape index (κ3) is 8.80. The monoisotopic (exact) mass is 434 g/mol. The number of aliphatic hydroxyl groups excluding tert-OH is 1. The number of anilines is 1. The van der Waals surface area contributed by atoms with Gasteiger partial charge in [-0.25, -0.2) is 18.3 Å². The second-order valence-corrected chi connectivity index (χ2v) is 6.82. The highest BCUT2D eigenvalue weighted by Crippen LogP contribution is 2.19. The van der Waals surface area contributed by atoms with Gasteiger partial charge in [-0.1, -0.05) is 20.3 Å². The van der Waals surface area contributed by atoms with Crippen molar-refractivity contribution in [2.45, 2.75) is 47.0 Å². The molecule has 2 aromatic heterocycles. The third-order valence-electron chi connectivity index (χ3n) is 3.97. The zero-order valence-corrected chi connectivity index (χ0v) is 18.7. The van der Waals surface area contributed by atoms with Gasteiger partial charge in [0.25, 0.3) is 0 Å². The van der Waals surface area contributed by atoms with Crippen LogP contribution in [0.3, 0.4) is 0 Å². The van der Waals surface area contributed by atoms with Gasteiger partial charge in [-0.2, -0.15) is 5.10 Å². The van der Waals surface area contributed by atoms with Crippen molar-refractivity contribution in [1.82, 2.24) is 14.6 Å². The van der Waals surface area contributed by atoms with Crippen LogP contribution in [0.2, 0.25) is 0 Å². The van der Waals surface area contributed by atoms with Gasteiger partial charge in [0.05, 0.1) is 11.8 Å². The van der Waals surface area contributed by atoms with E-state index in [1.54, 1.807) is 24.6 Å². The van der Waals surface area contributed by atoms with Crippen LogP contribution in [-0.4, -0.2) is 45.2 Å². The summed E-state index contributed by atoms with van der Waals surface area (Å²) in [7, 11) is 0. The van der Waals surface area contributed by atoms with Gasteiger partial charge >= 0.3 is 0 Å². The van der Waals surface area contributed by atoms with Gasteiger partial charge < -0.3 is 10.0 Å². The Morgan fingerprint density at radius 2 is 1.52 bits per heavy atom. The Morgan fingerprint density at radius 3 is 1.97 bits per heavy atom. The molecular weight excluding hydrogens is 402 g/mol. The second kappa shape index (κ2) is 14.2. The number of fused-ring (bicyclic) bond motifs is 1. The zero-order chi connectivity index (χ0) is 23.2. The van der Waals surface area contributed by atoms with Gasteiger partial charge in [0.2, 0.25) is 0 Å². The van der Waals surface area contributed by atoms with Gasteiger partial charge in [0.15, 0.2) is 11.4 Å². The number of hydrogen-bond donors (Lipinski definition) is 1. The molecule has 0 saturated carbocycles. The Kier molecular flexibility index (Phi) is 12.0. The predicted molar refractivity (Wildman–Crippen MR) is 120 cm³/mol. The average molecular weight is 435 g/mol. The predicted octanol–water partition coefficient (Wildman–Crippen LogP) is 4.91. The van der Waals surface area contributed by atoms with Crippen LogP contribution in [0.1, 0.15) is 57.3 Å². The number of carbonyl (C=O) groups excluding carboxylic acids is 1. The van der Waals surface area contributed by atoms with E-state index in [1.165, 1.54) is 19.3 Å². The smallest absolute Gasteiger partial charge is 0.168 e. The van der Waals surface area contributed by atoms with Crippen LogP contribution < -0.4 is 4.90 Å². The molecule has 1 aromatic carbocycles. The van der Waals surface area contributed by atoms with Crippen LogP contribution >= 0.6 is 0 Å². The van der Waals surface area contributed by atoms with Crippen molar-refractivity contribution in [1.29, 1.82) is 0 Å². The second-order valence-electron chi connectivity index (χ2n) is 6.82. The van der Waals surface area contributed by atoms with Crippen LogP contribution in [0.5, 0.6) is 0 Å². The van der Waals surface area contributed by atoms with Crippen molar-refractivity contribution < 1.29 is 18.7 Å². The lowest BCUT2D eigenvalue weighted by Gasteiger charge is -2.15. The minimum Gasteiger partial charge on any atom is -0.397 e. The number of Topliss-reactive ketones (excluding diaryl/α,β-unsaturated/α-hetero) is 1. The molecule has 3 heterocycles. The number of halogens is 2. The molecule has 0 atom stereocenters. The van der Waals surface area contributed by atoms with Crippen LogP contribution in [-0.2, 0) is 0 Å². The summed E-state index contributed by atoms with van der Waals surface area (Å²) in [5.74, 6) is 0.127. The Morgan fingerprint density at radius 1 is 1.03 bits per heavy atom. The molecule has 0 aliphatic carbocycles. The summed E-state index contributed by atoms with van der Waals surface area (Å²) < 4.78 is 25.5. The average Bonchev–Trinajstić information content (AvgIpc) is 3.41. The molecular formula is C23H32F2N4O2. The van der Waals surface area contributed by atoms with Crippen LogP contribution in [0.4, 0.5) is 14.6 Å². The molecule has 0 bridgehead atoms. The van der Waals surface area contributed by atoms with Crippen molar-refractivity contribution in [2.24, 2.45) is 0 Å². The van der Waals surface area contributed by atoms with Crippen molar-refractivity contribution in [3.05, 3.63) is 59.9 Å². The lowest BCUT2D eigenvalue weighted by Crippen LogP contribution is -2.19. The van der Waals surface area contributed by atoms with Crippen molar-refractivity contribution in [2.75, 3.05) is 24.6 Å². The summed E-state index contributed by atoms with van der Waals surface area (Å²) >= 11 is 0. The molecule has 3 aromatic rings. The Labute approximate surface area is 182 Å². The number of carbonyl (C=O) groups is 1. The number of hydrogen-bond acceptors (Lipinski definition) is 5. The van der Waals surface area contributed by atoms with E-state index in [4.69, 9.17) is 5.11 Å². The fraction of sp³-hybridized carbons (Fsp3) is 0.435. The van der Waals surface area contributed by atoms with E-state index in [-0.39, 0.29) is 12.4 Å². The summed E-state index contributed by atoms with van der Waals surface area (Å²) in [6.07, 6.45) is 7.12. The maximum atomic E-state index is 11.9. The van der Waals surface area contributed by atoms with E-state index in [2.05, 4.69) is 28.8 Å². The molecule has 170 valence electrons. The van der Waals surface area contributed by atoms with Crippen LogP contribution in [0, 0.1) is 11.6 Å². The van der Waals surface area contributed by atoms with E-state index >= 15 is 0 Å². The largest absolute Gasteiger partial charge is 0.397 e. The van der Waals surface area contributed by atoms with Gasteiger partial charge in [-0.05, 0) is 57.0 Å². The minimum atomic E-state index is -0.411. The molecule has 0 spiro atoms. The number of aromatic nitrogens is 3. The van der Waals surface area contributed by atoms with E-state index in [0.29, 0.717) is 11.2 Å². The standard InChI is InChI=1S/C12H14N4O.C6H4F2.C3H8.C2H6O/c1-9(17)10-8-13-16-7-4-11(14-12(10)16)15-5-2-3-6-15;7-5-1-2-6(8)4-3-5;1-3-2;1-2-3/h4,7-8H,2-3,5-6H2,1H3;1-4H;3H2,1-2H3;3H,2H2,1H3. The Hall–Kier alpha value is -2.87. The molecule has 8 heteroatoms. The van der Waals surface area contributed by atoms with E-state index in [1.807, 2.05) is 12.3 Å². The third-order valence-corrected chi connectivity index (χ3v) is 3.97. The molecule has 0 radical (unpaired) electrons. The first-order chi connectivity index (χ1) is 14.9. The molecule has 1 N–H and O–H groups in total. The topological polar surface area (TPSA) is 70.7 Å². The molecule has 1 aliphatic rings. The molecule has 1 fully saturated rings. The van der Waals surface area contributed by atoms with Crippen molar-refractivity contribution in [3.8, 4) is 0 Å². The lowest BCUT2D eigenvalue weighted by molar-refractivity contribution is 0.101. The SMILES string of the molecule is CC(=O)c1cnn2ccc(N3CCCC3)nc12.CCC.CCO.Fc1ccc(F)cc1. The molecule has 6 nitrogen and oxygen atoms in total. The van der Waals surface area contributed by atoms with Gasteiger partial charge in [-0.15, -0.1) is 0 Å². The first-order valence-electron chi connectivity index (χ1n) is 10.5. The molecule has 1 aliphatic heterocycles. The summed E-state index contributed by atoms with van der Waals surface area (Å²) in [4.78, 5) is 18.2. The maximum Gasteiger partial charge on any atom is 0.168 e. The fourth-order valence-corrected chi connectivity index (χ4v) is 2.66. The van der Waals surface area contributed by atoms with E-state index in [9.17, 15) is 13.6 Å². The van der Waals surface area contributed by atoms with Crippen LogP contribution in [0.15, 0.2) is 42.7 Å². The summed E-state index contributed by atoms with van der Waals surface area (Å²) in [6.45, 7) is 9.82. The van der Waals surface area contributed by atoms with Gasteiger partial charge in [0, 0.05) is 25.9 Å². The summed E-state index contributed by atoms with van der Waals surface area (Å²) in [5, 5.41) is 11.7. The fourth-order valence-electron chi connectivity index (χ4n) is 2.66. The number of ketones is 1. The maximum absolute atomic E-state index is 11.9. The molecule has 0 unspecified atom stereocenters. The number of nitrogens with zero attached hydrogens (tertiary/aromatic N) is 4. The minimum absolute atomic E-state index is 0.00562. The number of benzene rings is 1. The summed E-state index contributed by atoms with van der Waals surface area (Å²) in [5.41, 5.74) is 1.24. The molecule has 0 amide bonds. The highest BCUT2D eigenvalue weighted by atomic mass is 19.1. The number of aliphatic hydroxyl groups is 1.